The van der Waals surface area contributed by atoms with E-state index in [1.54, 1.807) is 24.1 Å². The zero-order chi connectivity index (χ0) is 16.8. The van der Waals surface area contributed by atoms with Crippen molar-refractivity contribution < 1.29 is 4.79 Å². The van der Waals surface area contributed by atoms with Crippen LogP contribution < -0.4 is 15.5 Å². The molecule has 0 aromatic carbocycles. The minimum absolute atomic E-state index is 0.0415. The molecule has 0 spiro atoms. The maximum atomic E-state index is 11.2. The molecule has 23 heavy (non-hydrogen) atoms. The summed E-state index contributed by atoms with van der Waals surface area (Å²) in [4.78, 5) is 21.9. The van der Waals surface area contributed by atoms with Crippen molar-refractivity contribution in [3.05, 3.63) is 24.2 Å². The Morgan fingerprint density at radius 3 is 2.83 bits per heavy atom. The molecule has 0 aliphatic rings. The van der Waals surface area contributed by atoms with Gasteiger partial charge in [0.15, 0.2) is 0 Å². The van der Waals surface area contributed by atoms with Crippen molar-refractivity contribution in [2.45, 2.75) is 26.3 Å². The van der Waals surface area contributed by atoms with Crippen LogP contribution in [0.25, 0.3) is 0 Å². The van der Waals surface area contributed by atoms with Crippen LogP contribution in [0.4, 0.5) is 17.5 Å². The number of amides is 1. The van der Waals surface area contributed by atoms with Gasteiger partial charge in [-0.15, -0.1) is 0 Å². The van der Waals surface area contributed by atoms with Crippen molar-refractivity contribution in [2.24, 2.45) is 0 Å². The van der Waals surface area contributed by atoms with Gasteiger partial charge >= 0.3 is 0 Å². The molecule has 0 aliphatic carbocycles. The van der Waals surface area contributed by atoms with Crippen LogP contribution in [-0.4, -0.2) is 46.8 Å². The summed E-state index contributed by atoms with van der Waals surface area (Å²) >= 11 is 0. The van der Waals surface area contributed by atoms with Crippen LogP contribution >= 0.6 is 0 Å². The third kappa shape index (κ3) is 4.67. The zero-order valence-electron chi connectivity index (χ0n) is 14.0. The highest BCUT2D eigenvalue weighted by Gasteiger charge is 2.07. The van der Waals surface area contributed by atoms with E-state index in [2.05, 4.69) is 25.7 Å². The van der Waals surface area contributed by atoms with E-state index >= 15 is 0 Å². The number of aryl methyl sites for hydroxylation is 2. The smallest absolute Gasteiger partial charge is 0.229 e. The third-order valence-electron chi connectivity index (χ3n) is 3.33. The molecule has 2 aromatic rings. The quantitative estimate of drug-likeness (QED) is 0.801. The molecule has 8 nitrogen and oxygen atoms in total. The molecule has 0 unspecified atom stereocenters. The van der Waals surface area contributed by atoms with Crippen LogP contribution in [0, 0.1) is 6.92 Å². The maximum absolute atomic E-state index is 11.2. The zero-order valence-corrected chi connectivity index (χ0v) is 14.0. The van der Waals surface area contributed by atoms with Crippen molar-refractivity contribution in [1.82, 2.24) is 25.1 Å². The Bertz CT molecular complexity index is 666. The molecule has 0 radical (unpaired) electrons. The van der Waals surface area contributed by atoms with Crippen molar-refractivity contribution in [1.29, 1.82) is 0 Å². The molecule has 0 saturated heterocycles. The lowest BCUT2D eigenvalue weighted by molar-refractivity contribution is -0.120. The molecule has 2 aromatic heterocycles. The average Bonchev–Trinajstić information content (AvgIpc) is 2.96. The molecule has 8 heteroatoms. The van der Waals surface area contributed by atoms with Gasteiger partial charge in [0.25, 0.3) is 0 Å². The molecule has 0 bridgehead atoms. The Morgan fingerprint density at radius 1 is 1.35 bits per heavy atom. The molecule has 0 fully saturated rings. The molecule has 2 N–H and O–H groups in total. The number of hydrogen-bond acceptors (Lipinski definition) is 6. The van der Waals surface area contributed by atoms with E-state index in [9.17, 15) is 4.79 Å². The fraction of sp³-hybridized carbons (Fsp3) is 0.467. The molecular formula is C15H23N7O. The standard InChI is InChI=1S/C15H23N7O/c1-11-8-17-15(20-14(11)21(3)4)19-12-9-18-22(10-12)7-5-6-13(23)16-2/h8-10H,5-7H2,1-4H3,(H,16,23)(H,17,19,20). The predicted molar refractivity (Wildman–Crippen MR) is 89.9 cm³/mol. The van der Waals surface area contributed by atoms with Crippen LogP contribution in [0.15, 0.2) is 18.6 Å². The summed E-state index contributed by atoms with van der Waals surface area (Å²) in [6, 6.07) is 0. The highest BCUT2D eigenvalue weighted by atomic mass is 16.1. The van der Waals surface area contributed by atoms with E-state index in [1.807, 2.05) is 32.1 Å². The van der Waals surface area contributed by atoms with Crippen LogP contribution in [0.1, 0.15) is 18.4 Å². The lowest BCUT2D eigenvalue weighted by atomic mass is 10.3. The summed E-state index contributed by atoms with van der Waals surface area (Å²) in [5.41, 5.74) is 1.84. The number of aromatic nitrogens is 4. The van der Waals surface area contributed by atoms with Gasteiger partial charge in [0.05, 0.1) is 11.9 Å². The van der Waals surface area contributed by atoms with Gasteiger partial charge in [-0.2, -0.15) is 10.1 Å². The molecule has 0 atom stereocenters. The van der Waals surface area contributed by atoms with Gasteiger partial charge in [-0.25, -0.2) is 4.98 Å². The molecule has 2 heterocycles. The summed E-state index contributed by atoms with van der Waals surface area (Å²) in [6.45, 7) is 2.66. The van der Waals surface area contributed by atoms with Gasteiger partial charge in [-0.3, -0.25) is 9.48 Å². The largest absolute Gasteiger partial charge is 0.362 e. The number of carbonyl (C=O) groups is 1. The summed E-state index contributed by atoms with van der Waals surface area (Å²) in [5, 5.41) is 10.0. The molecular weight excluding hydrogens is 294 g/mol. The van der Waals surface area contributed by atoms with Crippen molar-refractivity contribution >= 4 is 23.4 Å². The number of nitrogens with zero attached hydrogens (tertiary/aromatic N) is 5. The average molecular weight is 317 g/mol. The SMILES string of the molecule is CNC(=O)CCCn1cc(Nc2ncc(C)c(N(C)C)n2)cn1. The van der Waals surface area contributed by atoms with Crippen LogP contribution in [-0.2, 0) is 11.3 Å². The highest BCUT2D eigenvalue weighted by molar-refractivity contribution is 5.75. The Morgan fingerprint density at radius 2 is 2.13 bits per heavy atom. The third-order valence-corrected chi connectivity index (χ3v) is 3.33. The molecule has 124 valence electrons. The second kappa shape index (κ2) is 7.57. The molecule has 1 amide bonds. The van der Waals surface area contributed by atoms with E-state index in [1.165, 1.54) is 0 Å². The summed E-state index contributed by atoms with van der Waals surface area (Å²) in [5.74, 6) is 1.45. The first-order valence-electron chi connectivity index (χ1n) is 7.50. The summed E-state index contributed by atoms with van der Waals surface area (Å²) in [7, 11) is 5.54. The number of hydrogen-bond donors (Lipinski definition) is 2. The van der Waals surface area contributed by atoms with Gasteiger partial charge in [0.2, 0.25) is 11.9 Å². The second-order valence-corrected chi connectivity index (χ2v) is 5.49. The van der Waals surface area contributed by atoms with Gasteiger partial charge in [0, 0.05) is 52.1 Å². The Hall–Kier alpha value is -2.64. The number of carbonyl (C=O) groups excluding carboxylic acids is 1. The van der Waals surface area contributed by atoms with E-state index in [4.69, 9.17) is 0 Å². The van der Waals surface area contributed by atoms with Crippen LogP contribution in [0.5, 0.6) is 0 Å². The molecule has 0 saturated carbocycles. The van der Waals surface area contributed by atoms with E-state index in [0.717, 1.165) is 23.5 Å². The summed E-state index contributed by atoms with van der Waals surface area (Å²) in [6.07, 6.45) is 6.62. The fourth-order valence-corrected chi connectivity index (χ4v) is 2.15. The van der Waals surface area contributed by atoms with E-state index in [-0.39, 0.29) is 5.91 Å². The number of anilines is 3. The van der Waals surface area contributed by atoms with E-state index in [0.29, 0.717) is 18.9 Å². The van der Waals surface area contributed by atoms with Crippen molar-refractivity contribution in [3.8, 4) is 0 Å². The Balaban J connectivity index is 1.96. The minimum atomic E-state index is 0.0415. The maximum Gasteiger partial charge on any atom is 0.229 e. The monoisotopic (exact) mass is 317 g/mol. The van der Waals surface area contributed by atoms with E-state index < -0.39 is 0 Å². The second-order valence-electron chi connectivity index (χ2n) is 5.49. The van der Waals surface area contributed by atoms with Gasteiger partial charge in [-0.1, -0.05) is 0 Å². The van der Waals surface area contributed by atoms with Crippen molar-refractivity contribution in [2.75, 3.05) is 31.4 Å². The number of nitrogens with one attached hydrogen (secondary N) is 2. The summed E-state index contributed by atoms with van der Waals surface area (Å²) < 4.78 is 1.80. The predicted octanol–water partition coefficient (Wildman–Crippen LogP) is 1.32. The molecule has 2 rings (SSSR count). The fourth-order valence-electron chi connectivity index (χ4n) is 2.15. The minimum Gasteiger partial charge on any atom is -0.362 e. The van der Waals surface area contributed by atoms with Gasteiger partial charge < -0.3 is 15.5 Å². The highest BCUT2D eigenvalue weighted by Crippen LogP contribution is 2.18. The Kier molecular flexibility index (Phi) is 5.51. The lowest BCUT2D eigenvalue weighted by Gasteiger charge is -2.14. The lowest BCUT2D eigenvalue weighted by Crippen LogP contribution is -2.17. The Labute approximate surface area is 135 Å². The van der Waals surface area contributed by atoms with Crippen LogP contribution in [0.2, 0.25) is 0 Å². The first-order chi connectivity index (χ1) is 11.0. The van der Waals surface area contributed by atoms with Gasteiger partial charge in [-0.05, 0) is 13.3 Å². The first kappa shape index (κ1) is 16.7. The molecule has 0 aliphatic heterocycles. The van der Waals surface area contributed by atoms with Crippen molar-refractivity contribution in [3.63, 3.8) is 0 Å². The first-order valence-corrected chi connectivity index (χ1v) is 7.50. The van der Waals surface area contributed by atoms with Crippen LogP contribution in [0.3, 0.4) is 0 Å². The van der Waals surface area contributed by atoms with Gasteiger partial charge in [0.1, 0.15) is 5.82 Å². The normalized spacial score (nSPS) is 10.4. The number of rotatable bonds is 7. The topological polar surface area (TPSA) is 88.0 Å².